The quantitative estimate of drug-likeness (QED) is 0.818. The summed E-state index contributed by atoms with van der Waals surface area (Å²) in [4.78, 5) is 54.4. The molecule has 1 aromatic heterocycles. The third-order valence-corrected chi connectivity index (χ3v) is 4.48. The van der Waals surface area contributed by atoms with Gasteiger partial charge in [0.15, 0.2) is 0 Å². The average Bonchev–Trinajstić information content (AvgIpc) is 2.63. The van der Waals surface area contributed by atoms with Crippen LogP contribution in [0.1, 0.15) is 20.8 Å². The van der Waals surface area contributed by atoms with Crippen molar-refractivity contribution in [2.24, 2.45) is 0 Å². The predicted octanol–water partition coefficient (Wildman–Crippen LogP) is 0.769. The van der Waals surface area contributed by atoms with Gasteiger partial charge in [0.25, 0.3) is 5.56 Å². The number of hydrogen-bond donors (Lipinski definition) is 1. The normalized spacial score (nSPS) is 15.0. The highest BCUT2D eigenvalue weighted by Gasteiger charge is 2.28. The number of piperazine rings is 1. The van der Waals surface area contributed by atoms with Gasteiger partial charge < -0.3 is 14.5 Å². The molecule has 0 aliphatic carbocycles. The Hall–Kier alpha value is -3.10. The monoisotopic (exact) mass is 388 g/mol. The number of fused-ring (bicyclic) bond motifs is 1. The minimum Gasteiger partial charge on any atom is -0.444 e. The lowest BCUT2D eigenvalue weighted by molar-refractivity contribution is -0.133. The summed E-state index contributed by atoms with van der Waals surface area (Å²) in [6, 6.07) is 6.65. The fraction of sp³-hybridized carbons (Fsp3) is 0.474. The Balaban J connectivity index is 1.69. The molecule has 0 saturated carbocycles. The number of aromatic amines is 1. The number of amides is 2. The number of nitrogens with one attached hydrogen (secondary N) is 1. The van der Waals surface area contributed by atoms with Gasteiger partial charge in [-0.1, -0.05) is 12.1 Å². The minimum atomic E-state index is -0.621. The van der Waals surface area contributed by atoms with Crippen LogP contribution in [0.15, 0.2) is 33.9 Å². The molecular weight excluding hydrogens is 364 g/mol. The van der Waals surface area contributed by atoms with Gasteiger partial charge in [0.2, 0.25) is 5.91 Å². The summed E-state index contributed by atoms with van der Waals surface area (Å²) in [6.07, 6.45) is -0.401. The lowest BCUT2D eigenvalue weighted by Crippen LogP contribution is -2.52. The Morgan fingerprint density at radius 3 is 2.29 bits per heavy atom. The van der Waals surface area contributed by atoms with Gasteiger partial charge in [-0.3, -0.25) is 19.1 Å². The first kappa shape index (κ1) is 19.7. The van der Waals surface area contributed by atoms with Gasteiger partial charge in [0.1, 0.15) is 12.1 Å². The fourth-order valence-corrected chi connectivity index (χ4v) is 3.10. The summed E-state index contributed by atoms with van der Waals surface area (Å²) in [7, 11) is 0. The summed E-state index contributed by atoms with van der Waals surface area (Å²) in [5, 5.41) is 0.352. The molecule has 2 amide bonds. The van der Waals surface area contributed by atoms with Gasteiger partial charge in [0, 0.05) is 26.2 Å². The standard InChI is InChI=1S/C19H24N4O5/c1-19(2,3)28-18(27)22-10-8-21(9-11-22)15(24)12-23-14-7-5-4-6-13(14)16(25)20-17(23)26/h4-7H,8-12H2,1-3H3,(H,20,25,26). The van der Waals surface area contributed by atoms with Gasteiger partial charge >= 0.3 is 11.8 Å². The summed E-state index contributed by atoms with van der Waals surface area (Å²) in [5.41, 5.74) is -1.26. The van der Waals surface area contributed by atoms with E-state index in [-0.39, 0.29) is 12.5 Å². The van der Waals surface area contributed by atoms with E-state index in [4.69, 9.17) is 4.74 Å². The molecular formula is C19H24N4O5. The van der Waals surface area contributed by atoms with Crippen molar-refractivity contribution in [3.05, 3.63) is 45.1 Å². The topological polar surface area (TPSA) is 105 Å². The van der Waals surface area contributed by atoms with Crippen molar-refractivity contribution in [1.82, 2.24) is 19.4 Å². The molecule has 150 valence electrons. The van der Waals surface area contributed by atoms with Gasteiger partial charge in [-0.15, -0.1) is 0 Å². The molecule has 2 aromatic rings. The van der Waals surface area contributed by atoms with Crippen LogP contribution in [0.5, 0.6) is 0 Å². The highest BCUT2D eigenvalue weighted by atomic mass is 16.6. The summed E-state index contributed by atoms with van der Waals surface area (Å²) < 4.78 is 6.61. The Morgan fingerprint density at radius 1 is 1.04 bits per heavy atom. The highest BCUT2D eigenvalue weighted by Crippen LogP contribution is 2.13. The number of carbonyl (C=O) groups excluding carboxylic acids is 2. The zero-order valence-electron chi connectivity index (χ0n) is 16.2. The number of rotatable bonds is 2. The SMILES string of the molecule is CC(C)(C)OC(=O)N1CCN(C(=O)Cn2c(=O)[nH]c(=O)c3ccccc32)CC1. The molecule has 1 fully saturated rings. The van der Waals surface area contributed by atoms with Crippen molar-refractivity contribution < 1.29 is 14.3 Å². The Bertz CT molecular complexity index is 1010. The third-order valence-electron chi connectivity index (χ3n) is 4.48. The number of benzene rings is 1. The Kier molecular flexibility index (Phi) is 5.26. The molecule has 2 heterocycles. The summed E-state index contributed by atoms with van der Waals surface area (Å²) in [6.45, 7) is 6.67. The number of aromatic nitrogens is 2. The molecule has 1 aromatic carbocycles. The van der Waals surface area contributed by atoms with Crippen LogP contribution < -0.4 is 11.2 Å². The second-order valence-electron chi connectivity index (χ2n) is 7.71. The average molecular weight is 388 g/mol. The molecule has 0 radical (unpaired) electrons. The largest absolute Gasteiger partial charge is 0.444 e. The molecule has 0 atom stereocenters. The van der Waals surface area contributed by atoms with E-state index in [2.05, 4.69) is 4.98 Å². The molecule has 3 rings (SSSR count). The number of para-hydroxylation sites is 1. The molecule has 1 saturated heterocycles. The Labute approximate surface area is 161 Å². The molecule has 0 spiro atoms. The second kappa shape index (κ2) is 7.49. The number of H-pyrrole nitrogens is 1. The van der Waals surface area contributed by atoms with Crippen molar-refractivity contribution >= 4 is 22.9 Å². The summed E-state index contributed by atoms with van der Waals surface area (Å²) in [5.74, 6) is -0.247. The van der Waals surface area contributed by atoms with E-state index in [1.807, 2.05) is 0 Å². The van der Waals surface area contributed by atoms with E-state index in [0.29, 0.717) is 37.1 Å². The first-order valence-corrected chi connectivity index (χ1v) is 9.13. The maximum absolute atomic E-state index is 12.7. The van der Waals surface area contributed by atoms with Crippen molar-refractivity contribution in [1.29, 1.82) is 0 Å². The van der Waals surface area contributed by atoms with Gasteiger partial charge in [0.05, 0.1) is 10.9 Å². The van der Waals surface area contributed by atoms with Crippen LogP contribution in [0.3, 0.4) is 0 Å². The molecule has 9 heteroatoms. The molecule has 1 aliphatic heterocycles. The second-order valence-corrected chi connectivity index (χ2v) is 7.71. The molecule has 28 heavy (non-hydrogen) atoms. The highest BCUT2D eigenvalue weighted by molar-refractivity contribution is 5.81. The number of hydrogen-bond acceptors (Lipinski definition) is 5. The van der Waals surface area contributed by atoms with E-state index >= 15 is 0 Å². The van der Waals surface area contributed by atoms with Crippen LogP contribution in [0.25, 0.3) is 10.9 Å². The third kappa shape index (κ3) is 4.24. The fourth-order valence-electron chi connectivity index (χ4n) is 3.10. The smallest absolute Gasteiger partial charge is 0.410 e. The zero-order chi connectivity index (χ0) is 20.5. The van der Waals surface area contributed by atoms with Gasteiger partial charge in [-0.2, -0.15) is 0 Å². The van der Waals surface area contributed by atoms with E-state index in [0.717, 1.165) is 0 Å². The molecule has 9 nitrogen and oxygen atoms in total. The van der Waals surface area contributed by atoms with Crippen LogP contribution in [0, 0.1) is 0 Å². The van der Waals surface area contributed by atoms with E-state index < -0.39 is 22.9 Å². The van der Waals surface area contributed by atoms with Gasteiger partial charge in [-0.05, 0) is 32.9 Å². The Morgan fingerprint density at radius 2 is 1.64 bits per heavy atom. The molecule has 0 bridgehead atoms. The first-order valence-electron chi connectivity index (χ1n) is 9.13. The first-order chi connectivity index (χ1) is 13.2. The van der Waals surface area contributed by atoms with Crippen molar-refractivity contribution in [3.8, 4) is 0 Å². The van der Waals surface area contributed by atoms with Crippen molar-refractivity contribution in [3.63, 3.8) is 0 Å². The van der Waals surface area contributed by atoms with Crippen LogP contribution in [0.4, 0.5) is 4.79 Å². The lowest BCUT2D eigenvalue weighted by atomic mass is 10.2. The number of nitrogens with zero attached hydrogens (tertiary/aromatic N) is 3. The summed E-state index contributed by atoms with van der Waals surface area (Å²) >= 11 is 0. The molecule has 1 aliphatic rings. The lowest BCUT2D eigenvalue weighted by Gasteiger charge is -2.35. The van der Waals surface area contributed by atoms with Crippen LogP contribution >= 0.6 is 0 Å². The zero-order valence-corrected chi connectivity index (χ0v) is 16.2. The van der Waals surface area contributed by atoms with Gasteiger partial charge in [-0.25, -0.2) is 9.59 Å². The van der Waals surface area contributed by atoms with Crippen molar-refractivity contribution in [2.45, 2.75) is 32.9 Å². The predicted molar refractivity (Wildman–Crippen MR) is 103 cm³/mol. The number of ether oxygens (including phenoxy) is 1. The minimum absolute atomic E-state index is 0.178. The van der Waals surface area contributed by atoms with E-state index in [9.17, 15) is 19.2 Å². The molecule has 1 N–H and O–H groups in total. The van der Waals surface area contributed by atoms with Crippen LogP contribution in [0.2, 0.25) is 0 Å². The van der Waals surface area contributed by atoms with E-state index in [1.165, 1.54) is 4.57 Å². The van der Waals surface area contributed by atoms with Crippen molar-refractivity contribution in [2.75, 3.05) is 26.2 Å². The molecule has 0 unspecified atom stereocenters. The maximum Gasteiger partial charge on any atom is 0.410 e. The maximum atomic E-state index is 12.7. The van der Waals surface area contributed by atoms with E-state index in [1.54, 1.807) is 54.8 Å². The number of carbonyl (C=O) groups is 2. The van der Waals surface area contributed by atoms with Crippen LogP contribution in [-0.2, 0) is 16.1 Å². The van der Waals surface area contributed by atoms with Crippen LogP contribution in [-0.4, -0.2) is 63.1 Å².